The molecule has 3 rings (SSSR count). The Balaban J connectivity index is 1.77. The summed E-state index contributed by atoms with van der Waals surface area (Å²) in [4.78, 5) is 14.1. The Labute approximate surface area is 123 Å². The van der Waals surface area contributed by atoms with E-state index in [0.717, 1.165) is 5.56 Å². The lowest BCUT2D eigenvalue weighted by Crippen LogP contribution is -2.36. The van der Waals surface area contributed by atoms with E-state index in [4.69, 9.17) is 4.42 Å². The van der Waals surface area contributed by atoms with Gasteiger partial charge in [0.15, 0.2) is 5.76 Å². The zero-order chi connectivity index (χ0) is 15.0. The normalized spacial score (nSPS) is 15.8. The maximum atomic E-state index is 12.9. The number of furan rings is 1. The van der Waals surface area contributed by atoms with Crippen LogP contribution in [0.25, 0.3) is 11.3 Å². The lowest BCUT2D eigenvalue weighted by molar-refractivity contribution is 0.0696. The van der Waals surface area contributed by atoms with Gasteiger partial charge in [-0.25, -0.2) is 4.39 Å². The van der Waals surface area contributed by atoms with E-state index in [1.807, 2.05) is 7.05 Å². The lowest BCUT2D eigenvalue weighted by Gasteiger charge is -2.23. The standard InChI is InChI=1S/C17H18FNO2/c1-11(12-3-4-12)19(2)17(20)16-10-9-15(21-16)13-5-7-14(18)8-6-13/h5-12H,3-4H2,1-2H3. The molecule has 21 heavy (non-hydrogen) atoms. The summed E-state index contributed by atoms with van der Waals surface area (Å²) in [6, 6.07) is 9.68. The quantitative estimate of drug-likeness (QED) is 0.853. The van der Waals surface area contributed by atoms with Crippen LogP contribution < -0.4 is 0 Å². The molecular formula is C17H18FNO2. The predicted octanol–water partition coefficient (Wildman–Crippen LogP) is 3.96. The zero-order valence-electron chi connectivity index (χ0n) is 12.2. The summed E-state index contributed by atoms with van der Waals surface area (Å²) in [6.45, 7) is 2.07. The van der Waals surface area contributed by atoms with Crippen molar-refractivity contribution in [1.82, 2.24) is 4.90 Å². The van der Waals surface area contributed by atoms with Gasteiger partial charge in [-0.3, -0.25) is 4.79 Å². The second-order valence-corrected chi connectivity index (χ2v) is 5.66. The average Bonchev–Trinajstić information content (AvgIpc) is 3.23. The summed E-state index contributed by atoms with van der Waals surface area (Å²) < 4.78 is 18.5. The van der Waals surface area contributed by atoms with Crippen LogP contribution in [0.15, 0.2) is 40.8 Å². The lowest BCUT2D eigenvalue weighted by atomic mass is 10.2. The molecule has 0 saturated heterocycles. The van der Waals surface area contributed by atoms with Gasteiger partial charge >= 0.3 is 0 Å². The van der Waals surface area contributed by atoms with E-state index in [0.29, 0.717) is 17.4 Å². The van der Waals surface area contributed by atoms with Crippen molar-refractivity contribution in [2.24, 2.45) is 5.92 Å². The summed E-state index contributed by atoms with van der Waals surface area (Å²) in [5, 5.41) is 0. The maximum Gasteiger partial charge on any atom is 0.289 e. The van der Waals surface area contributed by atoms with Crippen molar-refractivity contribution in [2.75, 3.05) is 7.05 Å². The Hall–Kier alpha value is -2.10. The number of benzene rings is 1. The van der Waals surface area contributed by atoms with Crippen LogP contribution in [-0.4, -0.2) is 23.9 Å². The predicted molar refractivity (Wildman–Crippen MR) is 78.4 cm³/mol. The second kappa shape index (κ2) is 5.35. The van der Waals surface area contributed by atoms with Crippen molar-refractivity contribution in [2.45, 2.75) is 25.8 Å². The summed E-state index contributed by atoms with van der Waals surface area (Å²) in [6.07, 6.45) is 2.38. The zero-order valence-corrected chi connectivity index (χ0v) is 12.2. The van der Waals surface area contributed by atoms with E-state index in [2.05, 4.69) is 6.92 Å². The van der Waals surface area contributed by atoms with Crippen molar-refractivity contribution in [3.63, 3.8) is 0 Å². The summed E-state index contributed by atoms with van der Waals surface area (Å²) in [5.74, 6) is 1.11. The van der Waals surface area contributed by atoms with Gasteiger partial charge in [-0.2, -0.15) is 0 Å². The summed E-state index contributed by atoms with van der Waals surface area (Å²) in [5.41, 5.74) is 0.758. The van der Waals surface area contributed by atoms with Crippen LogP contribution in [0, 0.1) is 11.7 Å². The van der Waals surface area contributed by atoms with Gasteiger partial charge in [0, 0.05) is 18.7 Å². The molecule has 4 heteroatoms. The topological polar surface area (TPSA) is 33.5 Å². The molecule has 0 spiro atoms. The van der Waals surface area contributed by atoms with Gasteiger partial charge in [0.2, 0.25) is 0 Å². The van der Waals surface area contributed by atoms with Gasteiger partial charge < -0.3 is 9.32 Å². The van der Waals surface area contributed by atoms with Gasteiger partial charge in [0.05, 0.1) is 0 Å². The number of carbonyl (C=O) groups excluding carboxylic acids is 1. The van der Waals surface area contributed by atoms with Crippen LogP contribution in [0.3, 0.4) is 0 Å². The highest BCUT2D eigenvalue weighted by atomic mass is 19.1. The van der Waals surface area contributed by atoms with Crippen molar-refractivity contribution in [1.29, 1.82) is 0 Å². The molecule has 1 atom stereocenters. The smallest absolute Gasteiger partial charge is 0.289 e. The van der Waals surface area contributed by atoms with Crippen molar-refractivity contribution in [3.8, 4) is 11.3 Å². The Morgan fingerprint density at radius 2 is 1.90 bits per heavy atom. The molecular weight excluding hydrogens is 269 g/mol. The fourth-order valence-electron chi connectivity index (χ4n) is 2.48. The molecule has 3 nitrogen and oxygen atoms in total. The van der Waals surface area contributed by atoms with E-state index < -0.39 is 0 Å². The van der Waals surface area contributed by atoms with Gasteiger partial charge in [-0.15, -0.1) is 0 Å². The molecule has 1 fully saturated rings. The molecule has 2 aromatic rings. The van der Waals surface area contributed by atoms with Crippen LogP contribution in [-0.2, 0) is 0 Å². The maximum absolute atomic E-state index is 12.9. The fraction of sp³-hybridized carbons (Fsp3) is 0.353. The molecule has 1 heterocycles. The largest absolute Gasteiger partial charge is 0.451 e. The molecule has 110 valence electrons. The van der Waals surface area contributed by atoms with Crippen LogP contribution in [0.4, 0.5) is 4.39 Å². The minimum atomic E-state index is -0.292. The number of nitrogens with zero attached hydrogens (tertiary/aromatic N) is 1. The molecule has 1 saturated carbocycles. The van der Waals surface area contributed by atoms with Gasteiger partial charge in [-0.05, 0) is 62.1 Å². The average molecular weight is 287 g/mol. The Bertz CT molecular complexity index is 643. The molecule has 1 amide bonds. The highest BCUT2D eigenvalue weighted by Crippen LogP contribution is 2.35. The number of amides is 1. The second-order valence-electron chi connectivity index (χ2n) is 5.66. The minimum Gasteiger partial charge on any atom is -0.451 e. The Kier molecular flexibility index (Phi) is 3.53. The van der Waals surface area contributed by atoms with Crippen LogP contribution >= 0.6 is 0 Å². The van der Waals surface area contributed by atoms with E-state index in [1.165, 1.54) is 25.0 Å². The van der Waals surface area contributed by atoms with E-state index >= 15 is 0 Å². The fourth-order valence-corrected chi connectivity index (χ4v) is 2.48. The monoisotopic (exact) mass is 287 g/mol. The number of hydrogen-bond donors (Lipinski definition) is 0. The Morgan fingerprint density at radius 1 is 1.24 bits per heavy atom. The van der Waals surface area contributed by atoms with Crippen molar-refractivity contribution in [3.05, 3.63) is 48.0 Å². The van der Waals surface area contributed by atoms with Crippen molar-refractivity contribution >= 4 is 5.91 Å². The number of halogens is 1. The van der Waals surface area contributed by atoms with Crippen LogP contribution in [0.5, 0.6) is 0 Å². The first-order chi connectivity index (χ1) is 10.1. The first kappa shape index (κ1) is 13.9. The number of rotatable bonds is 4. The molecule has 1 aromatic heterocycles. The SMILES string of the molecule is CC(C1CC1)N(C)C(=O)c1ccc(-c2ccc(F)cc2)o1. The molecule has 0 N–H and O–H groups in total. The van der Waals surface area contributed by atoms with E-state index in [9.17, 15) is 9.18 Å². The van der Waals surface area contributed by atoms with E-state index in [-0.39, 0.29) is 17.8 Å². The summed E-state index contributed by atoms with van der Waals surface area (Å²) in [7, 11) is 1.81. The summed E-state index contributed by atoms with van der Waals surface area (Å²) >= 11 is 0. The Morgan fingerprint density at radius 3 is 2.52 bits per heavy atom. The molecule has 0 bridgehead atoms. The molecule has 1 unspecified atom stereocenters. The first-order valence-electron chi connectivity index (χ1n) is 7.19. The van der Waals surface area contributed by atoms with Crippen LogP contribution in [0.1, 0.15) is 30.3 Å². The highest BCUT2D eigenvalue weighted by molar-refractivity contribution is 5.92. The minimum absolute atomic E-state index is 0.109. The number of hydrogen-bond acceptors (Lipinski definition) is 2. The van der Waals surface area contributed by atoms with Gasteiger partial charge in [-0.1, -0.05) is 0 Å². The molecule has 0 radical (unpaired) electrons. The first-order valence-corrected chi connectivity index (χ1v) is 7.19. The van der Waals surface area contributed by atoms with Crippen molar-refractivity contribution < 1.29 is 13.6 Å². The molecule has 1 aliphatic carbocycles. The molecule has 1 aromatic carbocycles. The van der Waals surface area contributed by atoms with Crippen LogP contribution in [0.2, 0.25) is 0 Å². The van der Waals surface area contributed by atoms with E-state index in [1.54, 1.807) is 29.2 Å². The van der Waals surface area contributed by atoms with Gasteiger partial charge in [0.1, 0.15) is 11.6 Å². The highest BCUT2D eigenvalue weighted by Gasteiger charge is 2.33. The third-order valence-electron chi connectivity index (χ3n) is 4.18. The third-order valence-corrected chi connectivity index (χ3v) is 4.18. The van der Waals surface area contributed by atoms with Gasteiger partial charge in [0.25, 0.3) is 5.91 Å². The molecule has 0 aliphatic heterocycles. The third kappa shape index (κ3) is 2.84. The molecule has 1 aliphatic rings. The number of carbonyl (C=O) groups is 1.